The van der Waals surface area contributed by atoms with E-state index >= 15 is 0 Å². The Kier molecular flexibility index (Phi) is 4.76. The number of aliphatic imine (C=N–C) groups is 1. The fourth-order valence-electron chi connectivity index (χ4n) is 3.84. The minimum absolute atomic E-state index is 0.0478. The lowest BCUT2D eigenvalue weighted by Crippen LogP contribution is -2.50. The molecule has 4 rings (SSSR count). The summed E-state index contributed by atoms with van der Waals surface area (Å²) in [5, 5.41) is 0. The van der Waals surface area contributed by atoms with Crippen LogP contribution in [-0.2, 0) is 0 Å². The number of carbonyl (C=O) groups excluding carboxylic acids is 1. The van der Waals surface area contributed by atoms with Gasteiger partial charge in [-0.05, 0) is 49.9 Å². The first-order chi connectivity index (χ1) is 12.6. The number of rotatable bonds is 2. The number of halogens is 1. The average molecular weight is 427 g/mol. The highest BCUT2D eigenvalue weighted by Crippen LogP contribution is 2.41. The summed E-state index contributed by atoms with van der Waals surface area (Å²) in [5.41, 5.74) is 1.86. The lowest BCUT2D eigenvalue weighted by Gasteiger charge is -2.38. The lowest BCUT2D eigenvalue weighted by atomic mass is 9.88. The highest BCUT2D eigenvalue weighted by atomic mass is 79.9. The zero-order valence-electron chi connectivity index (χ0n) is 14.3. The van der Waals surface area contributed by atoms with E-state index in [0.717, 1.165) is 41.4 Å². The summed E-state index contributed by atoms with van der Waals surface area (Å²) < 4.78 is 1.01. The normalized spacial score (nSPS) is 18.9. The van der Waals surface area contributed by atoms with Gasteiger partial charge in [0.25, 0.3) is 5.91 Å². The van der Waals surface area contributed by atoms with Gasteiger partial charge in [0.2, 0.25) is 0 Å². The number of benzene rings is 2. The fraction of sp³-hybridized carbons (Fsp3) is 0.286. The maximum Gasteiger partial charge on any atom is 0.260 e. The first-order valence-corrected chi connectivity index (χ1v) is 10.1. The lowest BCUT2D eigenvalue weighted by molar-refractivity contribution is 0.0648. The van der Waals surface area contributed by atoms with Crippen molar-refractivity contribution >= 4 is 44.8 Å². The molecule has 0 bridgehead atoms. The van der Waals surface area contributed by atoms with Gasteiger partial charge in [0.1, 0.15) is 16.4 Å². The SMILES string of the molecule is O=C(c1ccccc1)N1C(=S)C(c2ccc(Br)cc2)=NC12CCCCC2. The minimum Gasteiger partial charge on any atom is -0.271 e. The van der Waals surface area contributed by atoms with Crippen molar-refractivity contribution in [1.29, 1.82) is 0 Å². The summed E-state index contributed by atoms with van der Waals surface area (Å²) in [5.74, 6) is -0.0478. The van der Waals surface area contributed by atoms with Gasteiger partial charge in [0, 0.05) is 15.6 Å². The first kappa shape index (κ1) is 17.6. The summed E-state index contributed by atoms with van der Waals surface area (Å²) in [6.07, 6.45) is 5.05. The largest absolute Gasteiger partial charge is 0.271 e. The van der Waals surface area contributed by atoms with Crippen molar-refractivity contribution in [2.24, 2.45) is 4.99 Å². The molecule has 1 fully saturated rings. The van der Waals surface area contributed by atoms with Crippen LogP contribution in [0.3, 0.4) is 0 Å². The van der Waals surface area contributed by atoms with Gasteiger partial charge in [-0.1, -0.05) is 64.9 Å². The van der Waals surface area contributed by atoms with Crippen LogP contribution < -0.4 is 0 Å². The summed E-state index contributed by atoms with van der Waals surface area (Å²) >= 11 is 9.24. The number of nitrogens with zero attached hydrogens (tertiary/aromatic N) is 2. The van der Waals surface area contributed by atoms with Crippen LogP contribution in [0, 0.1) is 0 Å². The third-order valence-electron chi connectivity index (χ3n) is 5.14. The van der Waals surface area contributed by atoms with E-state index in [-0.39, 0.29) is 5.91 Å². The highest BCUT2D eigenvalue weighted by Gasteiger charge is 2.48. The minimum atomic E-state index is -0.523. The predicted octanol–water partition coefficient (Wildman–Crippen LogP) is 5.38. The van der Waals surface area contributed by atoms with Gasteiger partial charge in [-0.2, -0.15) is 0 Å². The van der Waals surface area contributed by atoms with Crippen LogP contribution in [0.15, 0.2) is 64.1 Å². The summed E-state index contributed by atoms with van der Waals surface area (Å²) in [6.45, 7) is 0. The predicted molar refractivity (Wildman–Crippen MR) is 112 cm³/mol. The molecule has 2 aromatic rings. The summed E-state index contributed by atoms with van der Waals surface area (Å²) in [4.78, 5) is 20.7. The zero-order valence-corrected chi connectivity index (χ0v) is 16.7. The van der Waals surface area contributed by atoms with Crippen LogP contribution in [0.1, 0.15) is 48.0 Å². The molecule has 1 aliphatic carbocycles. The number of thiocarbonyl (C=S) groups is 1. The van der Waals surface area contributed by atoms with Gasteiger partial charge >= 0.3 is 0 Å². The van der Waals surface area contributed by atoms with Crippen LogP contribution in [-0.4, -0.2) is 27.2 Å². The molecule has 0 N–H and O–H groups in total. The molecule has 2 aliphatic rings. The molecule has 0 atom stereocenters. The molecule has 0 unspecified atom stereocenters. The molecule has 132 valence electrons. The second kappa shape index (κ2) is 7.05. The number of amides is 1. The molecule has 5 heteroatoms. The van der Waals surface area contributed by atoms with E-state index in [1.165, 1.54) is 6.42 Å². The number of carbonyl (C=O) groups is 1. The maximum absolute atomic E-state index is 13.3. The van der Waals surface area contributed by atoms with Gasteiger partial charge in [0.05, 0.1) is 0 Å². The fourth-order valence-corrected chi connectivity index (χ4v) is 4.52. The molecular weight excluding hydrogens is 408 g/mol. The Balaban J connectivity index is 1.77. The second-order valence-electron chi connectivity index (χ2n) is 6.82. The van der Waals surface area contributed by atoms with E-state index in [4.69, 9.17) is 17.2 Å². The third-order valence-corrected chi connectivity index (χ3v) is 6.04. The van der Waals surface area contributed by atoms with Gasteiger partial charge in [-0.15, -0.1) is 0 Å². The molecule has 1 aliphatic heterocycles. The van der Waals surface area contributed by atoms with E-state index in [2.05, 4.69) is 15.9 Å². The zero-order chi connectivity index (χ0) is 18.1. The smallest absolute Gasteiger partial charge is 0.260 e. The Morgan fingerprint density at radius 3 is 2.31 bits per heavy atom. The van der Waals surface area contributed by atoms with E-state index < -0.39 is 5.66 Å². The second-order valence-corrected chi connectivity index (χ2v) is 8.12. The molecule has 1 saturated carbocycles. The van der Waals surface area contributed by atoms with Crippen LogP contribution in [0.5, 0.6) is 0 Å². The van der Waals surface area contributed by atoms with Crippen molar-refractivity contribution < 1.29 is 4.79 Å². The van der Waals surface area contributed by atoms with Gasteiger partial charge in [-0.25, -0.2) is 0 Å². The Morgan fingerprint density at radius 1 is 1.00 bits per heavy atom. The van der Waals surface area contributed by atoms with Crippen LogP contribution in [0.4, 0.5) is 0 Å². The van der Waals surface area contributed by atoms with Crippen LogP contribution in [0.2, 0.25) is 0 Å². The van der Waals surface area contributed by atoms with E-state index in [9.17, 15) is 4.79 Å². The first-order valence-electron chi connectivity index (χ1n) is 8.90. The Bertz CT molecular complexity index is 871. The monoisotopic (exact) mass is 426 g/mol. The maximum atomic E-state index is 13.3. The molecule has 1 amide bonds. The van der Waals surface area contributed by atoms with Gasteiger partial charge in [-0.3, -0.25) is 14.7 Å². The van der Waals surface area contributed by atoms with Gasteiger partial charge < -0.3 is 0 Å². The van der Waals surface area contributed by atoms with Gasteiger partial charge in [0.15, 0.2) is 0 Å². The number of hydrogen-bond donors (Lipinski definition) is 0. The molecule has 1 spiro atoms. The van der Waals surface area contributed by atoms with E-state index in [1.54, 1.807) is 4.90 Å². The summed E-state index contributed by atoms with van der Waals surface area (Å²) in [6, 6.07) is 17.3. The highest BCUT2D eigenvalue weighted by molar-refractivity contribution is 9.10. The Morgan fingerprint density at radius 2 is 1.65 bits per heavy atom. The standard InChI is InChI=1S/C21H19BrN2OS/c22-17-11-9-15(10-12-17)18-20(26)24(19(25)16-7-3-1-4-8-16)21(23-18)13-5-2-6-14-21/h1,3-4,7-12H,2,5-6,13-14H2. The molecule has 0 radical (unpaired) electrons. The van der Waals surface area contributed by atoms with E-state index in [1.807, 2.05) is 54.6 Å². The summed E-state index contributed by atoms with van der Waals surface area (Å²) in [7, 11) is 0. The number of hydrogen-bond acceptors (Lipinski definition) is 3. The van der Waals surface area contributed by atoms with Crippen molar-refractivity contribution in [2.75, 3.05) is 0 Å². The van der Waals surface area contributed by atoms with Crippen LogP contribution >= 0.6 is 28.1 Å². The van der Waals surface area contributed by atoms with Crippen molar-refractivity contribution in [2.45, 2.75) is 37.8 Å². The molecule has 2 aromatic carbocycles. The third kappa shape index (κ3) is 3.03. The van der Waals surface area contributed by atoms with Crippen molar-refractivity contribution in [3.8, 4) is 0 Å². The topological polar surface area (TPSA) is 32.7 Å². The average Bonchev–Trinajstić information content (AvgIpc) is 2.95. The Hall–Kier alpha value is -1.85. The van der Waals surface area contributed by atoms with E-state index in [0.29, 0.717) is 10.6 Å². The molecule has 3 nitrogen and oxygen atoms in total. The quantitative estimate of drug-likeness (QED) is 0.603. The van der Waals surface area contributed by atoms with Crippen molar-refractivity contribution in [1.82, 2.24) is 4.90 Å². The molecule has 0 aromatic heterocycles. The van der Waals surface area contributed by atoms with Crippen molar-refractivity contribution in [3.05, 3.63) is 70.2 Å². The Labute approximate surface area is 167 Å². The molecule has 1 heterocycles. The molecular formula is C21H19BrN2OS. The van der Waals surface area contributed by atoms with Crippen LogP contribution in [0.25, 0.3) is 0 Å². The van der Waals surface area contributed by atoms with Crippen molar-refractivity contribution in [3.63, 3.8) is 0 Å². The molecule has 26 heavy (non-hydrogen) atoms. The molecule has 0 saturated heterocycles.